The summed E-state index contributed by atoms with van der Waals surface area (Å²) in [6.45, 7) is 2.09. The third-order valence-corrected chi connectivity index (χ3v) is 4.34. The minimum Gasteiger partial charge on any atom is -0.493 e. The Bertz CT molecular complexity index is 637. The third kappa shape index (κ3) is 3.89. The van der Waals surface area contributed by atoms with Crippen LogP contribution >= 0.6 is 0 Å². The lowest BCUT2D eigenvalue weighted by Crippen LogP contribution is -2.33. The molecule has 2 N–H and O–H groups in total. The van der Waals surface area contributed by atoms with Crippen molar-refractivity contribution >= 4 is 0 Å². The predicted molar refractivity (Wildman–Crippen MR) is 94.4 cm³/mol. The number of hydrogen-bond donors (Lipinski definition) is 2. The summed E-state index contributed by atoms with van der Waals surface area (Å²) in [4.78, 5) is 0. The molecule has 0 heterocycles. The molecule has 0 radical (unpaired) electrons. The van der Waals surface area contributed by atoms with Crippen molar-refractivity contribution in [2.75, 3.05) is 14.2 Å². The van der Waals surface area contributed by atoms with E-state index in [2.05, 4.69) is 6.92 Å². The molecule has 0 aromatic heterocycles. The van der Waals surface area contributed by atoms with Crippen molar-refractivity contribution in [3.63, 3.8) is 0 Å². The molecule has 0 amide bonds. The van der Waals surface area contributed by atoms with Gasteiger partial charge in [-0.3, -0.25) is 0 Å². The van der Waals surface area contributed by atoms with Gasteiger partial charge in [-0.1, -0.05) is 56.2 Å². The molecular formula is C20H26O4. The second-order valence-corrected chi connectivity index (χ2v) is 5.90. The Balaban J connectivity index is 2.45. The van der Waals surface area contributed by atoms with Gasteiger partial charge in [0.15, 0.2) is 17.3 Å². The Morgan fingerprint density at radius 1 is 0.958 bits per heavy atom. The number of benzene rings is 2. The van der Waals surface area contributed by atoms with Gasteiger partial charge in [-0.25, -0.2) is 0 Å². The van der Waals surface area contributed by atoms with Gasteiger partial charge in [0.05, 0.1) is 14.2 Å². The number of unbranched alkanes of at least 4 members (excludes halogenated alkanes) is 1. The van der Waals surface area contributed by atoms with Crippen molar-refractivity contribution in [1.29, 1.82) is 0 Å². The van der Waals surface area contributed by atoms with Gasteiger partial charge in [0.2, 0.25) is 0 Å². The largest absolute Gasteiger partial charge is 0.493 e. The molecule has 0 aliphatic rings. The van der Waals surface area contributed by atoms with Gasteiger partial charge in [0.25, 0.3) is 0 Å². The van der Waals surface area contributed by atoms with Crippen LogP contribution in [0.15, 0.2) is 48.5 Å². The van der Waals surface area contributed by atoms with Gasteiger partial charge >= 0.3 is 0 Å². The highest BCUT2D eigenvalue weighted by molar-refractivity contribution is 5.45. The van der Waals surface area contributed by atoms with Gasteiger partial charge in [0.1, 0.15) is 0 Å². The lowest BCUT2D eigenvalue weighted by Gasteiger charge is -2.32. The second kappa shape index (κ2) is 8.18. The number of hydrogen-bond acceptors (Lipinski definition) is 4. The quantitative estimate of drug-likeness (QED) is 0.723. The van der Waals surface area contributed by atoms with E-state index in [1.165, 1.54) is 0 Å². The number of ether oxygens (including phenoxy) is 2. The Morgan fingerprint density at radius 3 is 2.21 bits per heavy atom. The van der Waals surface area contributed by atoms with Crippen LogP contribution in [0.4, 0.5) is 0 Å². The summed E-state index contributed by atoms with van der Waals surface area (Å²) in [6.07, 6.45) is 2.54. The minimum atomic E-state index is -1.95. The zero-order valence-corrected chi connectivity index (χ0v) is 14.5. The molecule has 0 saturated carbocycles. The van der Waals surface area contributed by atoms with Crippen LogP contribution in [0.5, 0.6) is 11.5 Å². The molecule has 0 fully saturated rings. The van der Waals surface area contributed by atoms with Crippen molar-refractivity contribution in [1.82, 2.24) is 0 Å². The zero-order valence-electron chi connectivity index (χ0n) is 14.5. The van der Waals surface area contributed by atoms with E-state index in [0.29, 0.717) is 23.5 Å². The van der Waals surface area contributed by atoms with E-state index in [4.69, 9.17) is 9.47 Å². The molecular weight excluding hydrogens is 304 g/mol. The van der Waals surface area contributed by atoms with E-state index in [1.54, 1.807) is 32.4 Å². The number of rotatable bonds is 8. The highest BCUT2D eigenvalue weighted by atomic mass is 16.5. The summed E-state index contributed by atoms with van der Waals surface area (Å²) in [7, 11) is 3.16. The van der Waals surface area contributed by atoms with E-state index >= 15 is 0 Å². The molecule has 1 unspecified atom stereocenters. The van der Waals surface area contributed by atoms with Crippen LogP contribution in [-0.4, -0.2) is 24.4 Å². The first kappa shape index (κ1) is 18.3. The smallest absolute Gasteiger partial charge is 0.196 e. The first-order chi connectivity index (χ1) is 11.5. The second-order valence-electron chi connectivity index (χ2n) is 5.90. The minimum absolute atomic E-state index is 0.459. The van der Waals surface area contributed by atoms with Crippen molar-refractivity contribution in [2.24, 2.45) is 0 Å². The summed E-state index contributed by atoms with van der Waals surface area (Å²) < 4.78 is 10.6. The van der Waals surface area contributed by atoms with Gasteiger partial charge < -0.3 is 19.7 Å². The Labute approximate surface area is 143 Å². The molecule has 1 atom stereocenters. The SMILES string of the molecule is CCCCC(c1ccc(OC)c(OC)c1)C(O)(O)c1ccccc1. The number of aliphatic hydroxyl groups is 2. The molecule has 0 aliphatic heterocycles. The third-order valence-electron chi connectivity index (χ3n) is 4.34. The van der Waals surface area contributed by atoms with E-state index in [0.717, 1.165) is 18.4 Å². The van der Waals surface area contributed by atoms with Gasteiger partial charge in [-0.15, -0.1) is 0 Å². The monoisotopic (exact) mass is 330 g/mol. The summed E-state index contributed by atoms with van der Waals surface area (Å²) in [5.74, 6) is -1.20. The van der Waals surface area contributed by atoms with Crippen LogP contribution in [0.3, 0.4) is 0 Å². The van der Waals surface area contributed by atoms with Crippen molar-refractivity contribution in [3.05, 3.63) is 59.7 Å². The van der Waals surface area contributed by atoms with Gasteiger partial charge in [0, 0.05) is 11.5 Å². The highest BCUT2D eigenvalue weighted by Crippen LogP contribution is 2.41. The lowest BCUT2D eigenvalue weighted by atomic mass is 9.82. The maximum Gasteiger partial charge on any atom is 0.196 e. The van der Waals surface area contributed by atoms with E-state index < -0.39 is 11.7 Å². The van der Waals surface area contributed by atoms with E-state index in [-0.39, 0.29) is 0 Å². The maximum absolute atomic E-state index is 10.9. The van der Waals surface area contributed by atoms with Crippen LogP contribution in [0.1, 0.15) is 43.2 Å². The van der Waals surface area contributed by atoms with E-state index in [1.807, 2.05) is 30.3 Å². The standard InChI is InChI=1S/C20H26O4/c1-4-5-11-17(20(21,22)16-9-7-6-8-10-16)15-12-13-18(23-2)19(14-15)24-3/h6-10,12-14,17,21-22H,4-5,11H2,1-3H3. The fraction of sp³-hybridized carbons (Fsp3) is 0.400. The normalized spacial score (nSPS) is 12.7. The molecule has 24 heavy (non-hydrogen) atoms. The van der Waals surface area contributed by atoms with Crippen molar-refractivity contribution in [2.45, 2.75) is 37.9 Å². The first-order valence-electron chi connectivity index (χ1n) is 8.26. The molecule has 2 rings (SSSR count). The molecule has 0 spiro atoms. The fourth-order valence-corrected chi connectivity index (χ4v) is 2.96. The Hall–Kier alpha value is -2.04. The van der Waals surface area contributed by atoms with Crippen LogP contribution < -0.4 is 9.47 Å². The zero-order chi connectivity index (χ0) is 17.6. The first-order valence-corrected chi connectivity index (χ1v) is 8.26. The summed E-state index contributed by atoms with van der Waals surface area (Å²) in [5, 5.41) is 21.8. The summed E-state index contributed by atoms with van der Waals surface area (Å²) >= 11 is 0. The Morgan fingerprint density at radius 2 is 1.62 bits per heavy atom. The van der Waals surface area contributed by atoms with Crippen LogP contribution in [-0.2, 0) is 5.79 Å². The number of methoxy groups -OCH3 is 2. The summed E-state index contributed by atoms with van der Waals surface area (Å²) in [5.41, 5.74) is 1.30. The topological polar surface area (TPSA) is 58.9 Å². The van der Waals surface area contributed by atoms with Crippen LogP contribution in [0.2, 0.25) is 0 Å². The molecule has 2 aromatic rings. The maximum atomic E-state index is 10.9. The highest BCUT2D eigenvalue weighted by Gasteiger charge is 2.37. The average molecular weight is 330 g/mol. The predicted octanol–water partition coefficient (Wildman–Crippen LogP) is 3.82. The van der Waals surface area contributed by atoms with Gasteiger partial charge in [-0.05, 0) is 24.1 Å². The van der Waals surface area contributed by atoms with Crippen LogP contribution in [0, 0.1) is 0 Å². The molecule has 4 nitrogen and oxygen atoms in total. The molecule has 130 valence electrons. The van der Waals surface area contributed by atoms with Crippen LogP contribution in [0.25, 0.3) is 0 Å². The molecule has 2 aromatic carbocycles. The molecule has 0 aliphatic carbocycles. The lowest BCUT2D eigenvalue weighted by molar-refractivity contribution is -0.190. The Kier molecular flexibility index (Phi) is 6.23. The van der Waals surface area contributed by atoms with Gasteiger partial charge in [-0.2, -0.15) is 0 Å². The van der Waals surface area contributed by atoms with Crippen molar-refractivity contribution < 1.29 is 19.7 Å². The molecule has 0 bridgehead atoms. The average Bonchev–Trinajstić information content (AvgIpc) is 2.62. The van der Waals surface area contributed by atoms with Crippen molar-refractivity contribution in [3.8, 4) is 11.5 Å². The fourth-order valence-electron chi connectivity index (χ4n) is 2.96. The summed E-state index contributed by atoms with van der Waals surface area (Å²) in [6, 6.07) is 14.4. The van der Waals surface area contributed by atoms with E-state index in [9.17, 15) is 10.2 Å². The molecule has 4 heteroatoms. The molecule has 0 saturated heterocycles.